The Hall–Kier alpha value is -1.41. The van der Waals surface area contributed by atoms with Crippen LogP contribution in [0.2, 0.25) is 0 Å². The van der Waals surface area contributed by atoms with Gasteiger partial charge in [-0.15, -0.1) is 0 Å². The van der Waals surface area contributed by atoms with Crippen molar-refractivity contribution in [3.63, 3.8) is 0 Å². The molecule has 3 rings (SSSR count). The first-order chi connectivity index (χ1) is 9.98. The standard InChI is InChI=1S/C14H20N2O5/c1-14(2)20-11-8(19-13(18-3)12(11)21-14)7-15-9-5-4-6-10(17)16-9/h4-6,8,11-13H,7H2,1-3H3,(H2,15,16,17)/t8-,11+,12?,13-/m1/s1. The average Bonchev–Trinajstić information content (AvgIpc) is 2.90. The van der Waals surface area contributed by atoms with Crippen molar-refractivity contribution in [2.45, 2.75) is 44.2 Å². The van der Waals surface area contributed by atoms with Crippen LogP contribution in [0.25, 0.3) is 0 Å². The summed E-state index contributed by atoms with van der Waals surface area (Å²) in [6.45, 7) is 4.23. The molecule has 0 spiro atoms. The third-order valence-corrected chi connectivity index (χ3v) is 3.60. The first-order valence-electron chi connectivity index (χ1n) is 6.95. The van der Waals surface area contributed by atoms with Gasteiger partial charge >= 0.3 is 0 Å². The number of fused-ring (bicyclic) bond motifs is 1. The lowest BCUT2D eigenvalue weighted by atomic mass is 10.1. The summed E-state index contributed by atoms with van der Waals surface area (Å²) in [6, 6.07) is 4.94. The third-order valence-electron chi connectivity index (χ3n) is 3.60. The monoisotopic (exact) mass is 296 g/mol. The van der Waals surface area contributed by atoms with Crippen LogP contribution < -0.4 is 10.9 Å². The zero-order valence-corrected chi connectivity index (χ0v) is 12.3. The molecule has 0 aliphatic carbocycles. The molecule has 2 fully saturated rings. The number of nitrogens with one attached hydrogen (secondary N) is 2. The molecule has 0 amide bonds. The summed E-state index contributed by atoms with van der Waals surface area (Å²) < 4.78 is 22.8. The summed E-state index contributed by atoms with van der Waals surface area (Å²) in [5.74, 6) is -0.00319. The van der Waals surface area contributed by atoms with Crippen LogP contribution in [0.1, 0.15) is 13.8 Å². The van der Waals surface area contributed by atoms with Crippen molar-refractivity contribution < 1.29 is 18.9 Å². The van der Waals surface area contributed by atoms with E-state index in [1.165, 1.54) is 6.07 Å². The summed E-state index contributed by atoms with van der Waals surface area (Å²) in [5, 5.41) is 3.14. The molecular formula is C14H20N2O5. The molecule has 7 heteroatoms. The lowest BCUT2D eigenvalue weighted by Gasteiger charge is -2.23. The normalized spacial score (nSPS) is 33.9. The molecule has 1 unspecified atom stereocenters. The van der Waals surface area contributed by atoms with Crippen molar-refractivity contribution in [1.29, 1.82) is 0 Å². The number of pyridine rings is 1. The maximum absolute atomic E-state index is 11.3. The van der Waals surface area contributed by atoms with Crippen LogP contribution in [0.15, 0.2) is 23.0 Å². The highest BCUT2D eigenvalue weighted by Crippen LogP contribution is 2.38. The SMILES string of the molecule is CO[C@@H]1O[C@H](CNc2cccc(=O)[nH]2)[C@@H]2OC(C)(C)OC12. The lowest BCUT2D eigenvalue weighted by molar-refractivity contribution is -0.225. The van der Waals surface area contributed by atoms with E-state index >= 15 is 0 Å². The van der Waals surface area contributed by atoms with Gasteiger partial charge in [-0.1, -0.05) is 6.07 Å². The van der Waals surface area contributed by atoms with Gasteiger partial charge in [-0.05, 0) is 19.9 Å². The van der Waals surface area contributed by atoms with Crippen LogP contribution in [-0.4, -0.2) is 49.0 Å². The Morgan fingerprint density at radius 3 is 2.81 bits per heavy atom. The van der Waals surface area contributed by atoms with Gasteiger partial charge in [0.2, 0.25) is 5.56 Å². The van der Waals surface area contributed by atoms with Gasteiger partial charge in [0.25, 0.3) is 0 Å². The fourth-order valence-corrected chi connectivity index (χ4v) is 2.76. The fourth-order valence-electron chi connectivity index (χ4n) is 2.76. The molecule has 2 aliphatic rings. The third kappa shape index (κ3) is 2.96. The minimum atomic E-state index is -0.644. The Bertz CT molecular complexity index is 558. The molecule has 2 aliphatic heterocycles. The number of methoxy groups -OCH3 is 1. The number of hydrogen-bond acceptors (Lipinski definition) is 6. The first-order valence-corrected chi connectivity index (χ1v) is 6.95. The zero-order chi connectivity index (χ0) is 15.0. The van der Waals surface area contributed by atoms with Gasteiger partial charge in [-0.25, -0.2) is 0 Å². The molecule has 4 atom stereocenters. The van der Waals surface area contributed by atoms with Crippen molar-refractivity contribution >= 4 is 5.82 Å². The maximum atomic E-state index is 11.3. The van der Waals surface area contributed by atoms with Crippen molar-refractivity contribution in [3.05, 3.63) is 28.6 Å². The highest BCUT2D eigenvalue weighted by molar-refractivity contribution is 5.33. The molecule has 2 N–H and O–H groups in total. The second-order valence-corrected chi connectivity index (χ2v) is 5.65. The number of rotatable bonds is 4. The second-order valence-electron chi connectivity index (χ2n) is 5.65. The summed E-state index contributed by atoms with van der Waals surface area (Å²) in [6.07, 6.45) is -1.11. The van der Waals surface area contributed by atoms with Crippen LogP contribution in [0.3, 0.4) is 0 Å². The minimum Gasteiger partial charge on any atom is -0.369 e. The van der Waals surface area contributed by atoms with Gasteiger partial charge in [0, 0.05) is 19.7 Å². The Kier molecular flexibility index (Phi) is 3.75. The lowest BCUT2D eigenvalue weighted by Crippen LogP contribution is -2.34. The second kappa shape index (κ2) is 5.42. The van der Waals surface area contributed by atoms with Crippen molar-refractivity contribution in [2.24, 2.45) is 0 Å². The quantitative estimate of drug-likeness (QED) is 0.850. The number of H-pyrrole nitrogens is 1. The van der Waals surface area contributed by atoms with Gasteiger partial charge in [0.05, 0.1) is 0 Å². The molecule has 0 aromatic carbocycles. The van der Waals surface area contributed by atoms with E-state index in [0.29, 0.717) is 12.4 Å². The Morgan fingerprint density at radius 1 is 1.33 bits per heavy atom. The van der Waals surface area contributed by atoms with E-state index in [9.17, 15) is 4.79 Å². The topological polar surface area (TPSA) is 81.8 Å². The van der Waals surface area contributed by atoms with E-state index in [2.05, 4.69) is 10.3 Å². The predicted octanol–water partition coefficient (Wildman–Crippen LogP) is 0.678. The first kappa shape index (κ1) is 14.5. The molecule has 2 saturated heterocycles. The molecule has 116 valence electrons. The van der Waals surface area contributed by atoms with Crippen molar-refractivity contribution in [3.8, 4) is 0 Å². The van der Waals surface area contributed by atoms with E-state index < -0.39 is 12.1 Å². The molecule has 3 heterocycles. The number of anilines is 1. The van der Waals surface area contributed by atoms with Crippen LogP contribution in [0.5, 0.6) is 0 Å². The molecule has 1 aromatic heterocycles. The number of aromatic nitrogens is 1. The average molecular weight is 296 g/mol. The van der Waals surface area contributed by atoms with Gasteiger partial charge in [0.15, 0.2) is 12.1 Å². The van der Waals surface area contributed by atoms with E-state index in [-0.39, 0.29) is 23.9 Å². The van der Waals surface area contributed by atoms with Gasteiger partial charge in [-0.3, -0.25) is 4.79 Å². The van der Waals surface area contributed by atoms with E-state index in [1.54, 1.807) is 19.2 Å². The Morgan fingerprint density at radius 2 is 2.10 bits per heavy atom. The number of aromatic amines is 1. The Labute approximate surface area is 122 Å². The fraction of sp³-hybridized carbons (Fsp3) is 0.643. The molecule has 21 heavy (non-hydrogen) atoms. The van der Waals surface area contributed by atoms with Crippen LogP contribution >= 0.6 is 0 Å². The Balaban J connectivity index is 1.67. The largest absolute Gasteiger partial charge is 0.369 e. The molecule has 1 aromatic rings. The zero-order valence-electron chi connectivity index (χ0n) is 12.3. The summed E-state index contributed by atoms with van der Waals surface area (Å²) >= 11 is 0. The van der Waals surface area contributed by atoms with E-state index in [0.717, 1.165) is 0 Å². The van der Waals surface area contributed by atoms with Gasteiger partial charge in [-0.2, -0.15) is 0 Å². The summed E-state index contributed by atoms with van der Waals surface area (Å²) in [4.78, 5) is 14.0. The minimum absolute atomic E-state index is 0.151. The van der Waals surface area contributed by atoms with E-state index in [4.69, 9.17) is 18.9 Å². The van der Waals surface area contributed by atoms with Gasteiger partial charge in [0.1, 0.15) is 24.1 Å². The number of hydrogen-bond donors (Lipinski definition) is 2. The maximum Gasteiger partial charge on any atom is 0.249 e. The molecule has 0 bridgehead atoms. The highest BCUT2D eigenvalue weighted by atomic mass is 16.8. The molecular weight excluding hydrogens is 276 g/mol. The van der Waals surface area contributed by atoms with Crippen molar-refractivity contribution in [2.75, 3.05) is 19.0 Å². The highest BCUT2D eigenvalue weighted by Gasteiger charge is 2.55. The predicted molar refractivity (Wildman–Crippen MR) is 75.0 cm³/mol. The summed E-state index contributed by atoms with van der Waals surface area (Å²) in [5.41, 5.74) is -0.151. The van der Waals surface area contributed by atoms with E-state index in [1.807, 2.05) is 13.8 Å². The smallest absolute Gasteiger partial charge is 0.249 e. The molecule has 0 saturated carbocycles. The number of ether oxygens (including phenoxy) is 4. The molecule has 7 nitrogen and oxygen atoms in total. The summed E-state index contributed by atoms with van der Waals surface area (Å²) in [7, 11) is 1.58. The van der Waals surface area contributed by atoms with Crippen LogP contribution in [0, 0.1) is 0 Å². The van der Waals surface area contributed by atoms with Crippen molar-refractivity contribution in [1.82, 2.24) is 4.98 Å². The van der Waals surface area contributed by atoms with Gasteiger partial charge < -0.3 is 29.2 Å². The van der Waals surface area contributed by atoms with Crippen LogP contribution in [-0.2, 0) is 18.9 Å². The molecule has 0 radical (unpaired) electrons. The van der Waals surface area contributed by atoms with Crippen LogP contribution in [0.4, 0.5) is 5.82 Å².